The van der Waals surface area contributed by atoms with Gasteiger partial charge in [0.2, 0.25) is 0 Å². The Morgan fingerprint density at radius 2 is 2.00 bits per heavy atom. The van der Waals surface area contributed by atoms with Crippen LogP contribution < -0.4 is 0 Å². The third-order valence-corrected chi connectivity index (χ3v) is 6.72. The maximum absolute atomic E-state index is 12.6. The average Bonchev–Trinajstić information content (AvgIpc) is 2.49. The number of Topliss-reactive ketones (excluding diaryl/α,β-unsaturated/α-hetero) is 1. The molecule has 0 unspecified atom stereocenters. The van der Waals surface area contributed by atoms with Crippen LogP contribution in [0.15, 0.2) is 11.6 Å². The highest BCUT2D eigenvalue weighted by Gasteiger charge is 2.58. The van der Waals surface area contributed by atoms with Gasteiger partial charge in [-0.05, 0) is 55.4 Å². The van der Waals surface area contributed by atoms with Crippen molar-refractivity contribution in [3.63, 3.8) is 0 Å². The zero-order chi connectivity index (χ0) is 18.1. The van der Waals surface area contributed by atoms with E-state index >= 15 is 0 Å². The number of allylic oxidation sites excluding steroid dienone is 2. The van der Waals surface area contributed by atoms with Crippen LogP contribution in [-0.4, -0.2) is 23.1 Å². The van der Waals surface area contributed by atoms with E-state index in [1.807, 2.05) is 26.8 Å². The number of aldehydes is 1. The number of carbonyl (C=O) groups excluding carboxylic acids is 2. The molecule has 134 valence electrons. The van der Waals surface area contributed by atoms with E-state index in [1.165, 1.54) is 0 Å². The molecule has 2 fully saturated rings. The van der Waals surface area contributed by atoms with Crippen molar-refractivity contribution >= 4 is 18.0 Å². The lowest BCUT2D eigenvalue weighted by Gasteiger charge is -2.55. The van der Waals surface area contributed by atoms with Gasteiger partial charge in [-0.1, -0.05) is 33.3 Å². The first-order chi connectivity index (χ1) is 11.2. The highest BCUT2D eigenvalue weighted by atomic mass is 16.4. The number of carboxylic acids is 1. The molecule has 1 N–H and O–H groups in total. The fourth-order valence-corrected chi connectivity index (χ4v) is 5.14. The number of aliphatic carboxylic acids is 1. The minimum Gasteiger partial charge on any atom is -0.481 e. The lowest BCUT2D eigenvalue weighted by atomic mass is 9.47. The third kappa shape index (κ3) is 3.07. The highest BCUT2D eigenvalue weighted by molar-refractivity contribution is 5.84. The standard InChI is InChI=1S/C20H30O4/c1-13(2)14(12-21)6-7-15-16(22)8-9-17-19(15,3)10-5-11-20(17,4)18(23)24/h6,12-13,15,17H,5,7-11H2,1-4H3,(H,23,24)/b14-6+/t15-,17+,19+,20+/m0/s1. The second-order valence-corrected chi connectivity index (χ2v) is 8.40. The highest BCUT2D eigenvalue weighted by Crippen LogP contribution is 2.60. The summed E-state index contributed by atoms with van der Waals surface area (Å²) in [5.41, 5.74) is -0.311. The number of rotatable bonds is 5. The molecule has 0 aromatic heterocycles. The Kier molecular flexibility index (Phi) is 5.36. The summed E-state index contributed by atoms with van der Waals surface area (Å²) in [6.45, 7) is 7.89. The molecule has 0 aromatic carbocycles. The molecule has 0 aliphatic heterocycles. The summed E-state index contributed by atoms with van der Waals surface area (Å²) in [5.74, 6) is -0.526. The number of fused-ring (bicyclic) bond motifs is 1. The molecule has 0 spiro atoms. The lowest BCUT2D eigenvalue weighted by molar-refractivity contribution is -0.169. The molecular formula is C20H30O4. The molecule has 0 saturated heterocycles. The summed E-state index contributed by atoms with van der Waals surface area (Å²) in [4.78, 5) is 35.8. The van der Waals surface area contributed by atoms with Gasteiger partial charge < -0.3 is 5.11 Å². The van der Waals surface area contributed by atoms with Gasteiger partial charge in [0.1, 0.15) is 12.1 Å². The normalized spacial score (nSPS) is 37.2. The van der Waals surface area contributed by atoms with Crippen LogP contribution in [0.5, 0.6) is 0 Å². The summed E-state index contributed by atoms with van der Waals surface area (Å²) in [7, 11) is 0. The van der Waals surface area contributed by atoms with Crippen molar-refractivity contribution in [2.24, 2.45) is 28.6 Å². The number of carboxylic acid groups (broad SMARTS) is 1. The van der Waals surface area contributed by atoms with E-state index in [0.717, 1.165) is 24.7 Å². The maximum Gasteiger partial charge on any atom is 0.309 e. The fraction of sp³-hybridized carbons (Fsp3) is 0.750. The van der Waals surface area contributed by atoms with Gasteiger partial charge in [0.05, 0.1) is 5.41 Å². The summed E-state index contributed by atoms with van der Waals surface area (Å²) >= 11 is 0. The van der Waals surface area contributed by atoms with Crippen molar-refractivity contribution < 1.29 is 19.5 Å². The van der Waals surface area contributed by atoms with Gasteiger partial charge >= 0.3 is 5.97 Å². The van der Waals surface area contributed by atoms with Crippen molar-refractivity contribution in [3.8, 4) is 0 Å². The Hall–Kier alpha value is -1.45. The first kappa shape index (κ1) is 18.9. The van der Waals surface area contributed by atoms with Crippen LogP contribution in [0, 0.1) is 28.6 Å². The molecule has 2 saturated carbocycles. The molecule has 0 heterocycles. The first-order valence-corrected chi connectivity index (χ1v) is 9.08. The third-order valence-electron chi connectivity index (χ3n) is 6.72. The number of hydrogen-bond donors (Lipinski definition) is 1. The monoisotopic (exact) mass is 334 g/mol. The zero-order valence-corrected chi connectivity index (χ0v) is 15.3. The van der Waals surface area contributed by atoms with E-state index in [2.05, 4.69) is 6.92 Å². The zero-order valence-electron chi connectivity index (χ0n) is 15.3. The molecule has 4 nitrogen and oxygen atoms in total. The summed E-state index contributed by atoms with van der Waals surface area (Å²) in [6, 6.07) is 0. The van der Waals surface area contributed by atoms with Crippen LogP contribution in [0.4, 0.5) is 0 Å². The fourth-order valence-electron chi connectivity index (χ4n) is 5.14. The van der Waals surface area contributed by atoms with E-state index in [4.69, 9.17) is 0 Å². The molecule has 0 bridgehead atoms. The van der Waals surface area contributed by atoms with Gasteiger partial charge in [-0.2, -0.15) is 0 Å². The Labute approximate surface area is 144 Å². The molecule has 2 rings (SSSR count). The predicted octanol–water partition coefficient (Wildman–Crippen LogP) is 4.03. The van der Waals surface area contributed by atoms with Gasteiger partial charge in [0.15, 0.2) is 0 Å². The molecule has 0 radical (unpaired) electrons. The largest absolute Gasteiger partial charge is 0.481 e. The second-order valence-electron chi connectivity index (χ2n) is 8.40. The van der Waals surface area contributed by atoms with Crippen molar-refractivity contribution in [1.29, 1.82) is 0 Å². The van der Waals surface area contributed by atoms with E-state index in [-0.39, 0.29) is 29.0 Å². The van der Waals surface area contributed by atoms with Gasteiger partial charge in [-0.15, -0.1) is 0 Å². The van der Waals surface area contributed by atoms with Crippen molar-refractivity contribution in [3.05, 3.63) is 11.6 Å². The van der Waals surface area contributed by atoms with Crippen molar-refractivity contribution in [2.45, 2.75) is 66.2 Å². The second kappa shape index (κ2) is 6.81. The van der Waals surface area contributed by atoms with Gasteiger partial charge in [-0.3, -0.25) is 14.4 Å². The Balaban J connectivity index is 2.35. The Morgan fingerprint density at radius 1 is 1.33 bits per heavy atom. The average molecular weight is 334 g/mol. The van der Waals surface area contributed by atoms with E-state index in [9.17, 15) is 19.5 Å². The molecule has 24 heavy (non-hydrogen) atoms. The molecular weight excluding hydrogens is 304 g/mol. The van der Waals surface area contributed by atoms with Crippen LogP contribution >= 0.6 is 0 Å². The summed E-state index contributed by atoms with van der Waals surface area (Å²) in [5, 5.41) is 9.79. The Bertz CT molecular complexity index is 562. The molecule has 4 heteroatoms. The van der Waals surface area contributed by atoms with Gasteiger partial charge in [-0.25, -0.2) is 0 Å². The van der Waals surface area contributed by atoms with Gasteiger partial charge in [0, 0.05) is 12.3 Å². The van der Waals surface area contributed by atoms with Gasteiger partial charge in [0.25, 0.3) is 0 Å². The van der Waals surface area contributed by atoms with Crippen LogP contribution in [0.1, 0.15) is 66.2 Å². The maximum atomic E-state index is 12.6. The SMILES string of the molecule is CC(C)/C(C=O)=C/C[C@H]1C(=O)CC[C@@H]2[C@]1(C)CCC[C@@]2(C)C(=O)O. The van der Waals surface area contributed by atoms with E-state index < -0.39 is 11.4 Å². The number of hydrogen-bond acceptors (Lipinski definition) is 3. The minimum atomic E-state index is -0.749. The quantitative estimate of drug-likeness (QED) is 0.608. The predicted molar refractivity (Wildman–Crippen MR) is 92.5 cm³/mol. The van der Waals surface area contributed by atoms with Crippen molar-refractivity contribution in [2.75, 3.05) is 0 Å². The molecule has 4 atom stereocenters. The first-order valence-electron chi connectivity index (χ1n) is 9.08. The van der Waals surface area contributed by atoms with Crippen molar-refractivity contribution in [1.82, 2.24) is 0 Å². The molecule has 2 aliphatic rings. The molecule has 2 aliphatic carbocycles. The molecule has 0 aromatic rings. The van der Waals surface area contributed by atoms with Crippen LogP contribution in [-0.2, 0) is 14.4 Å². The van der Waals surface area contributed by atoms with E-state index in [0.29, 0.717) is 25.7 Å². The Morgan fingerprint density at radius 3 is 2.54 bits per heavy atom. The summed E-state index contributed by atoms with van der Waals surface area (Å²) < 4.78 is 0. The van der Waals surface area contributed by atoms with Crippen LogP contribution in [0.25, 0.3) is 0 Å². The topological polar surface area (TPSA) is 71.4 Å². The van der Waals surface area contributed by atoms with Crippen LogP contribution in [0.2, 0.25) is 0 Å². The molecule has 0 amide bonds. The van der Waals surface area contributed by atoms with E-state index in [1.54, 1.807) is 0 Å². The number of ketones is 1. The minimum absolute atomic E-state index is 0.0195. The smallest absolute Gasteiger partial charge is 0.309 e. The van der Waals surface area contributed by atoms with Crippen LogP contribution in [0.3, 0.4) is 0 Å². The lowest BCUT2D eigenvalue weighted by Crippen LogP contribution is -2.55. The summed E-state index contributed by atoms with van der Waals surface area (Å²) in [6.07, 6.45) is 6.87. The number of carbonyl (C=O) groups is 3.